The predicted molar refractivity (Wildman–Crippen MR) is 65.8 cm³/mol. The smallest absolute Gasteiger partial charge is 0.351 e. The van der Waals surface area contributed by atoms with Crippen molar-refractivity contribution in [1.82, 2.24) is 0 Å². The van der Waals surface area contributed by atoms with E-state index in [2.05, 4.69) is 12.5 Å². The Morgan fingerprint density at radius 2 is 2.21 bits per heavy atom. The van der Waals surface area contributed by atoms with E-state index in [1.54, 1.807) is 12.5 Å². The number of hydrogen-bond acceptors (Lipinski definition) is 4. The van der Waals surface area contributed by atoms with Crippen molar-refractivity contribution >= 4 is 17.5 Å². The van der Waals surface area contributed by atoms with Gasteiger partial charge in [-0.3, -0.25) is 0 Å². The molecule has 2 N–H and O–H groups in total. The number of carboxylic acids is 2. The highest BCUT2D eigenvalue weighted by Gasteiger charge is 2.05. The van der Waals surface area contributed by atoms with Crippen LogP contribution in [0.1, 0.15) is 5.56 Å². The zero-order chi connectivity index (χ0) is 14.8. The average molecular weight is 265 g/mol. The van der Waals surface area contributed by atoms with Gasteiger partial charge in [-0.25, -0.2) is 4.79 Å². The van der Waals surface area contributed by atoms with Crippen molar-refractivity contribution in [3.63, 3.8) is 0 Å². The van der Waals surface area contributed by atoms with E-state index in [9.17, 15) is 0 Å². The Bertz CT molecular complexity index is 458. The van der Waals surface area contributed by atoms with Crippen LogP contribution in [-0.2, 0) is 9.59 Å². The molecule has 6 nitrogen and oxygen atoms in total. The van der Waals surface area contributed by atoms with Gasteiger partial charge in [-0.05, 0) is 12.0 Å². The van der Waals surface area contributed by atoms with Crippen LogP contribution in [0.15, 0.2) is 29.6 Å². The van der Waals surface area contributed by atoms with Crippen molar-refractivity contribution in [3.05, 3.63) is 30.7 Å². The first-order chi connectivity index (χ1) is 8.88. The zero-order valence-corrected chi connectivity index (χ0v) is 10.5. The van der Waals surface area contributed by atoms with Crippen LogP contribution in [0.25, 0.3) is 5.57 Å². The number of terminal acetylenes is 1. The highest BCUT2D eigenvalue weighted by molar-refractivity contribution is 6.26. The standard InChI is InChI=1S/C11H13NO.C2H2O4/c1-4-6-12(3)8-10(2)11-5-7-13-9-11;3-1(4)2(5)6/h1,5,7,9H,2,6,8H2,3H3;(H,3,4)(H,5,6). The van der Waals surface area contributed by atoms with Crippen molar-refractivity contribution in [2.45, 2.75) is 0 Å². The third-order valence-electron chi connectivity index (χ3n) is 2.02. The minimum atomic E-state index is -2.07. The third-order valence-corrected chi connectivity index (χ3v) is 2.02. The quantitative estimate of drug-likeness (QED) is 0.498. The van der Waals surface area contributed by atoms with Crippen LogP contribution in [0, 0.1) is 12.3 Å². The summed E-state index contributed by atoms with van der Waals surface area (Å²) in [6.45, 7) is 5.54. The second-order valence-corrected chi connectivity index (χ2v) is 3.72. The second kappa shape index (κ2) is 8.55. The van der Waals surface area contributed by atoms with Gasteiger partial charge in [-0.15, -0.1) is 6.42 Å². The Balaban J connectivity index is 0.000000459. The number of hydrogen-bond donors (Lipinski definition) is 2. The first kappa shape index (κ1) is 16.5. The normalized spacial score (nSPS) is 10.5. The monoisotopic (exact) mass is 265 g/mol. The molecule has 6 heteroatoms. The topological polar surface area (TPSA) is 95.0 Å². The van der Waals surface area contributed by atoms with E-state index in [4.69, 9.17) is 30.6 Å². The summed E-state index contributed by atoms with van der Waals surface area (Å²) < 4.78 is 4.97. The van der Waals surface area contributed by atoms with Gasteiger partial charge in [0.05, 0.1) is 19.6 Å². The van der Waals surface area contributed by atoms with Gasteiger partial charge < -0.3 is 24.3 Å². The van der Waals surface area contributed by atoms with E-state index in [0.717, 1.165) is 24.2 Å². The molecule has 0 bridgehead atoms. The highest BCUT2D eigenvalue weighted by atomic mass is 16.4. The van der Waals surface area contributed by atoms with Gasteiger partial charge >= 0.3 is 5.97 Å². The number of carbonyl (C=O) groups excluding carboxylic acids is 1. The molecule has 0 radical (unpaired) electrons. The van der Waals surface area contributed by atoms with Crippen LogP contribution in [0.2, 0.25) is 0 Å². The van der Waals surface area contributed by atoms with Crippen LogP contribution >= 0.6 is 0 Å². The van der Waals surface area contributed by atoms with Crippen LogP contribution < -0.4 is 10.0 Å². The molecule has 102 valence electrons. The molecule has 1 atom stereocenters. The summed E-state index contributed by atoms with van der Waals surface area (Å²) in [4.78, 5) is 19.3. The maximum absolute atomic E-state index is 9.04. The van der Waals surface area contributed by atoms with Gasteiger partial charge in [0.1, 0.15) is 13.1 Å². The molecule has 0 saturated carbocycles. The summed E-state index contributed by atoms with van der Waals surface area (Å²) in [7, 11) is 2.05. The molecule has 0 aliphatic heterocycles. The summed E-state index contributed by atoms with van der Waals surface area (Å²) >= 11 is 0. The van der Waals surface area contributed by atoms with E-state index in [-0.39, 0.29) is 0 Å². The Kier molecular flexibility index (Phi) is 7.42. The largest absolute Gasteiger partial charge is 0.539 e. The van der Waals surface area contributed by atoms with Crippen LogP contribution in [0.5, 0.6) is 0 Å². The molecule has 1 rings (SSSR count). The number of quaternary nitrogens is 1. The van der Waals surface area contributed by atoms with Crippen LogP contribution in [0.4, 0.5) is 0 Å². The first-order valence-electron chi connectivity index (χ1n) is 5.27. The molecule has 1 unspecified atom stereocenters. The van der Waals surface area contributed by atoms with Gasteiger partial charge in [0.2, 0.25) is 0 Å². The van der Waals surface area contributed by atoms with E-state index in [1.165, 1.54) is 4.90 Å². The van der Waals surface area contributed by atoms with E-state index < -0.39 is 11.9 Å². The van der Waals surface area contributed by atoms with Gasteiger partial charge in [-0.1, -0.05) is 6.58 Å². The molecule has 0 saturated heterocycles. The Hall–Kier alpha value is -2.52. The summed E-state index contributed by atoms with van der Waals surface area (Å²) in [6, 6.07) is 1.91. The number of likely N-dealkylation sites (N-methyl/N-ethyl adjacent to an activating group) is 1. The lowest BCUT2D eigenvalue weighted by Gasteiger charge is -2.11. The number of carboxylic acid groups (broad SMARTS) is 2. The molecule has 19 heavy (non-hydrogen) atoms. The van der Waals surface area contributed by atoms with Crippen molar-refractivity contribution in [2.75, 3.05) is 20.1 Å². The molecule has 1 aromatic heterocycles. The zero-order valence-electron chi connectivity index (χ0n) is 10.5. The lowest BCUT2D eigenvalue weighted by molar-refractivity contribution is -0.863. The summed E-state index contributed by atoms with van der Waals surface area (Å²) in [6.07, 6.45) is 8.55. The molecular formula is C13H15NO5. The maximum atomic E-state index is 9.04. The molecule has 0 fully saturated rings. The molecular weight excluding hydrogens is 250 g/mol. The van der Waals surface area contributed by atoms with Gasteiger partial charge in [0.25, 0.3) is 0 Å². The lowest BCUT2D eigenvalue weighted by Crippen LogP contribution is -3.08. The predicted octanol–water partition coefficient (Wildman–Crippen LogP) is -1.74. The number of rotatable bonds is 4. The molecule has 1 aromatic rings. The number of carbonyl (C=O) groups is 2. The third kappa shape index (κ3) is 7.41. The molecule has 1 heterocycles. The fourth-order valence-electron chi connectivity index (χ4n) is 1.17. The van der Waals surface area contributed by atoms with E-state index >= 15 is 0 Å². The van der Waals surface area contributed by atoms with Gasteiger partial charge in [-0.2, -0.15) is 0 Å². The number of aliphatic carboxylic acids is 2. The maximum Gasteiger partial charge on any atom is 0.351 e. The van der Waals surface area contributed by atoms with Crippen molar-refractivity contribution in [3.8, 4) is 12.3 Å². The first-order valence-corrected chi connectivity index (χ1v) is 5.27. The summed E-state index contributed by atoms with van der Waals surface area (Å²) in [5.41, 5.74) is 2.11. The molecule has 0 aliphatic carbocycles. The van der Waals surface area contributed by atoms with E-state index in [1.807, 2.05) is 13.1 Å². The average Bonchev–Trinajstić information content (AvgIpc) is 2.83. The Morgan fingerprint density at radius 3 is 2.58 bits per heavy atom. The van der Waals surface area contributed by atoms with E-state index in [0.29, 0.717) is 0 Å². The van der Waals surface area contributed by atoms with Crippen LogP contribution in [0.3, 0.4) is 0 Å². The summed E-state index contributed by atoms with van der Waals surface area (Å²) in [5.74, 6) is -1.39. The molecule has 0 amide bonds. The number of nitrogens with one attached hydrogen (secondary N) is 1. The summed E-state index contributed by atoms with van der Waals surface area (Å²) in [5, 5.41) is 16.3. The van der Waals surface area contributed by atoms with Gasteiger partial charge in [0, 0.05) is 11.1 Å². The molecule has 0 aromatic carbocycles. The lowest BCUT2D eigenvalue weighted by atomic mass is 10.1. The Labute approximate surface area is 110 Å². The van der Waals surface area contributed by atoms with Crippen molar-refractivity contribution < 1.29 is 29.1 Å². The SMILES string of the molecule is C#CC[NH+](C)CC(=C)c1ccoc1.O=C([O-])C(=O)O. The molecule has 0 aliphatic rings. The van der Waals surface area contributed by atoms with Crippen LogP contribution in [-0.4, -0.2) is 37.2 Å². The number of furan rings is 1. The van der Waals surface area contributed by atoms with Crippen molar-refractivity contribution in [1.29, 1.82) is 0 Å². The molecule has 0 spiro atoms. The fourth-order valence-corrected chi connectivity index (χ4v) is 1.17. The minimum absolute atomic E-state index is 0.719. The minimum Gasteiger partial charge on any atom is -0.539 e. The van der Waals surface area contributed by atoms with Gasteiger partial charge in [0.15, 0.2) is 5.97 Å². The highest BCUT2D eigenvalue weighted by Crippen LogP contribution is 2.09. The van der Waals surface area contributed by atoms with Crippen molar-refractivity contribution in [2.24, 2.45) is 0 Å². The fraction of sp³-hybridized carbons (Fsp3) is 0.231. The second-order valence-electron chi connectivity index (χ2n) is 3.72. The Morgan fingerprint density at radius 1 is 1.63 bits per heavy atom.